The van der Waals surface area contributed by atoms with E-state index in [1.165, 1.54) is 0 Å². The summed E-state index contributed by atoms with van der Waals surface area (Å²) in [5.74, 6) is 1.90. The van der Waals surface area contributed by atoms with E-state index in [-0.39, 0.29) is 24.9 Å². The molecule has 0 aliphatic heterocycles. The van der Waals surface area contributed by atoms with Gasteiger partial charge >= 0.3 is 5.97 Å². The van der Waals surface area contributed by atoms with Gasteiger partial charge in [0, 0.05) is 12.0 Å². The summed E-state index contributed by atoms with van der Waals surface area (Å²) in [5, 5.41) is 3.93. The van der Waals surface area contributed by atoms with Crippen LogP contribution in [-0.2, 0) is 22.6 Å². The molecule has 0 aliphatic carbocycles. The Labute approximate surface area is 174 Å². The topological polar surface area (TPSA) is 92.9 Å². The maximum absolute atomic E-state index is 12.1. The summed E-state index contributed by atoms with van der Waals surface area (Å²) in [6.07, 6.45) is 0.631. The molecular weight excluding hydrogens is 388 g/mol. The second-order valence-electron chi connectivity index (χ2n) is 6.57. The first-order chi connectivity index (χ1) is 14.5. The minimum atomic E-state index is -0.376. The molecule has 0 bridgehead atoms. The molecule has 158 valence electrons. The lowest BCUT2D eigenvalue weighted by molar-refractivity contribution is -0.145. The van der Waals surface area contributed by atoms with E-state index in [9.17, 15) is 4.79 Å². The molecule has 0 N–H and O–H groups in total. The van der Waals surface area contributed by atoms with E-state index in [4.69, 9.17) is 23.5 Å². The summed E-state index contributed by atoms with van der Waals surface area (Å²) in [7, 11) is 4.63. The number of hydrogen-bond donors (Lipinski definition) is 0. The molecule has 0 amide bonds. The molecule has 8 nitrogen and oxygen atoms in total. The zero-order chi connectivity index (χ0) is 21.5. The molecule has 3 aromatic rings. The van der Waals surface area contributed by atoms with E-state index in [0.29, 0.717) is 29.5 Å². The third kappa shape index (κ3) is 5.08. The zero-order valence-corrected chi connectivity index (χ0v) is 17.4. The van der Waals surface area contributed by atoms with Crippen LogP contribution in [0.2, 0.25) is 0 Å². The fourth-order valence-corrected chi connectivity index (χ4v) is 2.87. The van der Waals surface area contributed by atoms with E-state index in [0.717, 1.165) is 16.7 Å². The number of rotatable bonds is 9. The van der Waals surface area contributed by atoms with Crippen molar-refractivity contribution in [1.82, 2.24) is 10.1 Å². The second-order valence-corrected chi connectivity index (χ2v) is 6.57. The van der Waals surface area contributed by atoms with Crippen LogP contribution in [0.3, 0.4) is 0 Å². The summed E-state index contributed by atoms with van der Waals surface area (Å²) in [4.78, 5) is 16.4. The molecule has 0 spiro atoms. The molecule has 0 radical (unpaired) electrons. The third-order valence-corrected chi connectivity index (χ3v) is 4.48. The second kappa shape index (κ2) is 9.78. The van der Waals surface area contributed by atoms with Gasteiger partial charge in [0.15, 0.2) is 18.1 Å². The van der Waals surface area contributed by atoms with Crippen molar-refractivity contribution in [2.24, 2.45) is 0 Å². The van der Waals surface area contributed by atoms with Gasteiger partial charge in [0.2, 0.25) is 11.6 Å². The van der Waals surface area contributed by atoms with Gasteiger partial charge in [0.25, 0.3) is 5.89 Å². The van der Waals surface area contributed by atoms with Gasteiger partial charge in [-0.3, -0.25) is 4.79 Å². The molecule has 30 heavy (non-hydrogen) atoms. The fourth-order valence-electron chi connectivity index (χ4n) is 2.87. The van der Waals surface area contributed by atoms with Gasteiger partial charge in [-0.05, 0) is 31.0 Å². The smallest absolute Gasteiger partial charge is 0.306 e. The minimum Gasteiger partial charge on any atom is -0.493 e. The zero-order valence-electron chi connectivity index (χ0n) is 17.4. The SMILES string of the molecule is COc1cc(CCC(=O)OCc2nc(-c3ccc(C)cc3)no2)cc(OC)c1OC. The van der Waals surface area contributed by atoms with Crippen LogP contribution in [0.15, 0.2) is 40.9 Å². The Morgan fingerprint density at radius 3 is 2.27 bits per heavy atom. The van der Waals surface area contributed by atoms with Gasteiger partial charge in [-0.25, -0.2) is 0 Å². The van der Waals surface area contributed by atoms with Crippen molar-refractivity contribution in [2.45, 2.75) is 26.4 Å². The van der Waals surface area contributed by atoms with Gasteiger partial charge < -0.3 is 23.5 Å². The average Bonchev–Trinajstić information content (AvgIpc) is 3.24. The van der Waals surface area contributed by atoms with Crippen molar-refractivity contribution in [2.75, 3.05) is 21.3 Å². The summed E-state index contributed by atoms with van der Waals surface area (Å²) < 4.78 is 26.4. The summed E-state index contributed by atoms with van der Waals surface area (Å²) >= 11 is 0. The van der Waals surface area contributed by atoms with Crippen LogP contribution in [0, 0.1) is 6.92 Å². The molecule has 0 fully saturated rings. The van der Waals surface area contributed by atoms with Crippen molar-refractivity contribution in [3.8, 4) is 28.6 Å². The van der Waals surface area contributed by atoms with Crippen LogP contribution in [0.25, 0.3) is 11.4 Å². The number of carbonyl (C=O) groups excluding carboxylic acids is 1. The molecule has 0 atom stereocenters. The lowest BCUT2D eigenvalue weighted by atomic mass is 10.1. The first kappa shape index (κ1) is 21.2. The van der Waals surface area contributed by atoms with Crippen LogP contribution in [0.4, 0.5) is 0 Å². The highest BCUT2D eigenvalue weighted by molar-refractivity contribution is 5.70. The highest BCUT2D eigenvalue weighted by atomic mass is 16.6. The number of ether oxygens (including phenoxy) is 4. The van der Waals surface area contributed by atoms with Crippen LogP contribution in [0.1, 0.15) is 23.4 Å². The van der Waals surface area contributed by atoms with E-state index < -0.39 is 0 Å². The Kier molecular flexibility index (Phi) is 6.90. The third-order valence-electron chi connectivity index (χ3n) is 4.48. The van der Waals surface area contributed by atoms with E-state index in [1.54, 1.807) is 33.5 Å². The first-order valence-corrected chi connectivity index (χ1v) is 9.38. The Morgan fingerprint density at radius 1 is 1.00 bits per heavy atom. The maximum Gasteiger partial charge on any atom is 0.306 e. The van der Waals surface area contributed by atoms with Crippen molar-refractivity contribution >= 4 is 5.97 Å². The van der Waals surface area contributed by atoms with Crippen molar-refractivity contribution in [3.05, 3.63) is 53.4 Å². The van der Waals surface area contributed by atoms with Crippen LogP contribution >= 0.6 is 0 Å². The van der Waals surface area contributed by atoms with E-state index in [1.807, 2.05) is 31.2 Å². The molecule has 2 aromatic carbocycles. The quantitative estimate of drug-likeness (QED) is 0.491. The van der Waals surface area contributed by atoms with Crippen LogP contribution in [-0.4, -0.2) is 37.4 Å². The molecule has 1 aromatic heterocycles. The molecule has 0 saturated heterocycles. The van der Waals surface area contributed by atoms with Crippen LogP contribution in [0.5, 0.6) is 17.2 Å². The predicted octanol–water partition coefficient (Wildman–Crippen LogP) is 3.75. The van der Waals surface area contributed by atoms with Gasteiger partial charge in [-0.1, -0.05) is 35.0 Å². The van der Waals surface area contributed by atoms with Gasteiger partial charge in [0.05, 0.1) is 21.3 Å². The Bertz CT molecular complexity index is 972. The lowest BCUT2D eigenvalue weighted by Gasteiger charge is -2.14. The molecule has 8 heteroatoms. The predicted molar refractivity (Wildman–Crippen MR) is 109 cm³/mol. The minimum absolute atomic E-state index is 0.0764. The molecule has 1 heterocycles. The fraction of sp³-hybridized carbons (Fsp3) is 0.318. The highest BCUT2D eigenvalue weighted by Crippen LogP contribution is 2.38. The number of nitrogens with zero attached hydrogens (tertiary/aromatic N) is 2. The Hall–Kier alpha value is -3.55. The Balaban J connectivity index is 1.55. The largest absolute Gasteiger partial charge is 0.493 e. The summed E-state index contributed by atoms with van der Waals surface area (Å²) in [6.45, 7) is 1.93. The summed E-state index contributed by atoms with van der Waals surface area (Å²) in [5.41, 5.74) is 2.84. The highest BCUT2D eigenvalue weighted by Gasteiger charge is 2.15. The van der Waals surface area contributed by atoms with Gasteiger partial charge in [-0.2, -0.15) is 4.98 Å². The number of aromatic nitrogens is 2. The van der Waals surface area contributed by atoms with Gasteiger partial charge in [-0.15, -0.1) is 0 Å². The number of methoxy groups -OCH3 is 3. The van der Waals surface area contributed by atoms with Gasteiger partial charge in [0.1, 0.15) is 0 Å². The molecule has 0 aliphatic rings. The number of benzene rings is 2. The van der Waals surface area contributed by atoms with E-state index >= 15 is 0 Å². The normalized spacial score (nSPS) is 10.5. The molecular formula is C22H24N2O6. The van der Waals surface area contributed by atoms with Crippen molar-refractivity contribution < 1.29 is 28.3 Å². The Morgan fingerprint density at radius 2 is 1.67 bits per heavy atom. The molecule has 0 unspecified atom stereocenters. The van der Waals surface area contributed by atoms with Crippen molar-refractivity contribution in [1.29, 1.82) is 0 Å². The number of carbonyl (C=O) groups is 1. The monoisotopic (exact) mass is 412 g/mol. The molecule has 0 saturated carbocycles. The number of aryl methyl sites for hydroxylation is 2. The average molecular weight is 412 g/mol. The molecule has 3 rings (SSSR count). The standard InChI is InChI=1S/C22H24N2O6/c1-14-5-8-16(9-6-14)22-23-19(30-24-22)13-29-20(25)10-7-15-11-17(26-2)21(28-4)18(12-15)27-3/h5-6,8-9,11-12H,7,10,13H2,1-4H3. The lowest BCUT2D eigenvalue weighted by Crippen LogP contribution is -2.06. The van der Waals surface area contributed by atoms with E-state index in [2.05, 4.69) is 10.1 Å². The number of hydrogen-bond acceptors (Lipinski definition) is 8. The first-order valence-electron chi connectivity index (χ1n) is 9.38. The summed E-state index contributed by atoms with van der Waals surface area (Å²) in [6, 6.07) is 11.4. The maximum atomic E-state index is 12.1. The van der Waals surface area contributed by atoms with Crippen LogP contribution < -0.4 is 14.2 Å². The number of esters is 1. The van der Waals surface area contributed by atoms with Crippen molar-refractivity contribution in [3.63, 3.8) is 0 Å².